The first-order valence-corrected chi connectivity index (χ1v) is 7.60. The summed E-state index contributed by atoms with van der Waals surface area (Å²) in [5, 5.41) is 3.43. The largest absolute Gasteiger partial charge is 0.399 e. The van der Waals surface area contributed by atoms with Crippen LogP contribution in [0.4, 0.5) is 11.4 Å². The maximum absolute atomic E-state index is 5.69. The molecule has 0 unspecified atom stereocenters. The maximum Gasteiger partial charge on any atom is 0.0400 e. The Morgan fingerprint density at radius 2 is 1.43 bits per heavy atom. The second-order valence-corrected chi connectivity index (χ2v) is 5.25. The van der Waals surface area contributed by atoms with E-state index in [0.717, 1.165) is 37.6 Å². The number of anilines is 2. The first kappa shape index (κ1) is 15.4. The van der Waals surface area contributed by atoms with Gasteiger partial charge in [0.2, 0.25) is 0 Å². The van der Waals surface area contributed by atoms with Crippen molar-refractivity contribution in [3.63, 3.8) is 0 Å². The van der Waals surface area contributed by atoms with Crippen LogP contribution in [0.15, 0.2) is 48.5 Å². The van der Waals surface area contributed by atoms with Crippen LogP contribution in [0.1, 0.15) is 25.0 Å². The summed E-state index contributed by atoms with van der Waals surface area (Å²) in [4.78, 5) is 2.41. The van der Waals surface area contributed by atoms with E-state index in [4.69, 9.17) is 5.73 Å². The van der Waals surface area contributed by atoms with Gasteiger partial charge in [-0.1, -0.05) is 38.1 Å². The lowest BCUT2D eigenvalue weighted by atomic mass is 10.1. The minimum atomic E-state index is 0.805. The number of nitrogen functional groups attached to an aromatic ring is 1. The van der Waals surface area contributed by atoms with Gasteiger partial charge in [-0.3, -0.25) is 4.90 Å². The van der Waals surface area contributed by atoms with Crippen molar-refractivity contribution in [3.8, 4) is 0 Å². The van der Waals surface area contributed by atoms with Crippen LogP contribution in [0.5, 0.6) is 0 Å². The number of nitrogens with zero attached hydrogens (tertiary/aromatic N) is 1. The van der Waals surface area contributed by atoms with Crippen LogP contribution >= 0.6 is 0 Å². The topological polar surface area (TPSA) is 41.3 Å². The second kappa shape index (κ2) is 7.70. The molecule has 0 aromatic heterocycles. The van der Waals surface area contributed by atoms with Crippen LogP contribution in [0.25, 0.3) is 0 Å². The Labute approximate surface area is 127 Å². The highest BCUT2D eigenvalue weighted by Gasteiger charge is 2.01. The molecule has 0 spiro atoms. The van der Waals surface area contributed by atoms with E-state index < -0.39 is 0 Å². The van der Waals surface area contributed by atoms with Gasteiger partial charge in [-0.25, -0.2) is 0 Å². The monoisotopic (exact) mass is 283 g/mol. The van der Waals surface area contributed by atoms with E-state index in [2.05, 4.69) is 60.5 Å². The van der Waals surface area contributed by atoms with Gasteiger partial charge in [-0.05, 0) is 48.5 Å². The quantitative estimate of drug-likeness (QED) is 0.761. The maximum atomic E-state index is 5.69. The van der Waals surface area contributed by atoms with Crippen molar-refractivity contribution in [1.82, 2.24) is 4.90 Å². The summed E-state index contributed by atoms with van der Waals surface area (Å²) in [6, 6.07) is 16.7. The third-order valence-electron chi connectivity index (χ3n) is 3.73. The van der Waals surface area contributed by atoms with Gasteiger partial charge in [0.25, 0.3) is 0 Å². The molecule has 2 rings (SSSR count). The van der Waals surface area contributed by atoms with Gasteiger partial charge < -0.3 is 11.1 Å². The Balaban J connectivity index is 1.88. The van der Waals surface area contributed by atoms with Gasteiger partial charge in [0.1, 0.15) is 0 Å². The van der Waals surface area contributed by atoms with Gasteiger partial charge in [0, 0.05) is 24.5 Å². The molecule has 0 fully saturated rings. The Kier molecular flexibility index (Phi) is 5.64. The van der Waals surface area contributed by atoms with Crippen molar-refractivity contribution in [2.75, 3.05) is 24.1 Å². The van der Waals surface area contributed by atoms with Crippen LogP contribution < -0.4 is 11.1 Å². The fourth-order valence-electron chi connectivity index (χ4n) is 2.27. The molecule has 0 atom stereocenters. The Bertz CT molecular complexity index is 527. The van der Waals surface area contributed by atoms with Crippen LogP contribution in [0.3, 0.4) is 0 Å². The van der Waals surface area contributed by atoms with Crippen molar-refractivity contribution in [1.29, 1.82) is 0 Å². The molecular weight excluding hydrogens is 258 g/mol. The SMILES string of the molecule is CCN(CC)Cc1ccc(NCc2ccc(N)cc2)cc1. The van der Waals surface area contributed by atoms with Gasteiger partial charge in [0.15, 0.2) is 0 Å². The normalized spacial score (nSPS) is 10.8. The van der Waals surface area contributed by atoms with Crippen LogP contribution in [-0.2, 0) is 13.1 Å². The summed E-state index contributed by atoms with van der Waals surface area (Å²) in [5.41, 5.74) is 10.2. The molecule has 0 saturated carbocycles. The van der Waals surface area contributed by atoms with Crippen molar-refractivity contribution in [3.05, 3.63) is 59.7 Å². The van der Waals surface area contributed by atoms with E-state index in [1.54, 1.807) is 0 Å². The predicted molar refractivity (Wildman–Crippen MR) is 91.2 cm³/mol. The highest BCUT2D eigenvalue weighted by atomic mass is 15.1. The van der Waals surface area contributed by atoms with Crippen LogP contribution in [-0.4, -0.2) is 18.0 Å². The molecule has 0 aliphatic heterocycles. The van der Waals surface area contributed by atoms with Crippen LogP contribution in [0.2, 0.25) is 0 Å². The Morgan fingerprint density at radius 3 is 2.00 bits per heavy atom. The number of hydrogen-bond donors (Lipinski definition) is 2. The van der Waals surface area contributed by atoms with E-state index in [9.17, 15) is 0 Å². The smallest absolute Gasteiger partial charge is 0.0400 e. The first-order valence-electron chi connectivity index (χ1n) is 7.60. The second-order valence-electron chi connectivity index (χ2n) is 5.25. The third-order valence-corrected chi connectivity index (χ3v) is 3.73. The van der Waals surface area contributed by atoms with Crippen molar-refractivity contribution in [2.45, 2.75) is 26.9 Å². The van der Waals surface area contributed by atoms with Gasteiger partial charge in [-0.15, -0.1) is 0 Å². The van der Waals surface area contributed by atoms with Gasteiger partial charge in [0.05, 0.1) is 0 Å². The number of nitrogens with one attached hydrogen (secondary N) is 1. The highest BCUT2D eigenvalue weighted by molar-refractivity contribution is 5.46. The highest BCUT2D eigenvalue weighted by Crippen LogP contribution is 2.13. The molecule has 2 aromatic rings. The third kappa shape index (κ3) is 4.80. The molecule has 0 amide bonds. The van der Waals surface area contributed by atoms with Crippen LogP contribution in [0, 0.1) is 0 Å². The van der Waals surface area contributed by atoms with E-state index in [1.807, 2.05) is 12.1 Å². The predicted octanol–water partition coefficient (Wildman–Crippen LogP) is 3.72. The molecule has 0 radical (unpaired) electrons. The van der Waals surface area contributed by atoms with E-state index >= 15 is 0 Å². The van der Waals surface area contributed by atoms with E-state index in [0.29, 0.717) is 0 Å². The molecule has 3 heteroatoms. The molecule has 2 aromatic carbocycles. The Hall–Kier alpha value is -2.00. The summed E-state index contributed by atoms with van der Waals surface area (Å²) in [7, 11) is 0. The molecular formula is C18H25N3. The minimum absolute atomic E-state index is 0.805. The molecule has 0 heterocycles. The standard InChI is InChI=1S/C18H25N3/c1-3-21(4-2)14-16-7-11-18(12-8-16)20-13-15-5-9-17(19)10-6-15/h5-12,20H,3-4,13-14,19H2,1-2H3. The number of hydrogen-bond acceptors (Lipinski definition) is 3. The molecule has 3 nitrogen and oxygen atoms in total. The van der Waals surface area contributed by atoms with Gasteiger partial charge in [-0.2, -0.15) is 0 Å². The zero-order chi connectivity index (χ0) is 15.1. The number of nitrogens with two attached hydrogens (primary N) is 1. The first-order chi connectivity index (χ1) is 10.2. The van der Waals surface area contributed by atoms with E-state index in [1.165, 1.54) is 11.1 Å². The average Bonchev–Trinajstić information content (AvgIpc) is 2.53. The summed E-state index contributed by atoms with van der Waals surface area (Å²) in [5.74, 6) is 0. The number of rotatable bonds is 7. The molecule has 21 heavy (non-hydrogen) atoms. The lowest BCUT2D eigenvalue weighted by Crippen LogP contribution is -2.21. The fourth-order valence-corrected chi connectivity index (χ4v) is 2.27. The molecule has 0 bridgehead atoms. The molecule has 0 saturated heterocycles. The summed E-state index contributed by atoms with van der Waals surface area (Å²) >= 11 is 0. The van der Waals surface area contributed by atoms with Crippen molar-refractivity contribution in [2.24, 2.45) is 0 Å². The average molecular weight is 283 g/mol. The minimum Gasteiger partial charge on any atom is -0.399 e. The van der Waals surface area contributed by atoms with Crippen molar-refractivity contribution < 1.29 is 0 Å². The number of benzene rings is 2. The summed E-state index contributed by atoms with van der Waals surface area (Å²) in [6.45, 7) is 8.42. The lowest BCUT2D eigenvalue weighted by molar-refractivity contribution is 0.296. The van der Waals surface area contributed by atoms with Crippen molar-refractivity contribution >= 4 is 11.4 Å². The molecule has 0 aliphatic carbocycles. The summed E-state index contributed by atoms with van der Waals surface area (Å²) < 4.78 is 0. The Morgan fingerprint density at radius 1 is 0.857 bits per heavy atom. The zero-order valence-electron chi connectivity index (χ0n) is 13.0. The molecule has 3 N–H and O–H groups in total. The van der Waals surface area contributed by atoms with E-state index in [-0.39, 0.29) is 0 Å². The summed E-state index contributed by atoms with van der Waals surface area (Å²) in [6.07, 6.45) is 0. The lowest BCUT2D eigenvalue weighted by Gasteiger charge is -2.18. The molecule has 0 aliphatic rings. The molecule has 112 valence electrons. The fraction of sp³-hybridized carbons (Fsp3) is 0.333. The zero-order valence-corrected chi connectivity index (χ0v) is 13.0. The van der Waals surface area contributed by atoms with Gasteiger partial charge >= 0.3 is 0 Å².